The summed E-state index contributed by atoms with van der Waals surface area (Å²) in [6.07, 6.45) is 0. The normalized spacial score (nSPS) is 14.7. The number of thioether (sulfide) groups is 1. The number of piperazine rings is 1. The molecule has 32 heavy (non-hydrogen) atoms. The summed E-state index contributed by atoms with van der Waals surface area (Å²) in [4.78, 5) is 22.3. The fourth-order valence-corrected chi connectivity index (χ4v) is 5.48. The molecule has 4 rings (SSSR count). The topological polar surface area (TPSA) is 57.7 Å². The molecular formula is C22H24ClFN4O2S2. The number of thiazole rings is 1. The number of halogens is 2. The lowest BCUT2D eigenvalue weighted by Gasteiger charge is -2.34. The molecule has 6 nitrogen and oxygen atoms in total. The largest absolute Gasteiger partial charge is 0.493 e. The molecule has 1 fully saturated rings. The number of rotatable bonds is 8. The van der Waals surface area contributed by atoms with E-state index in [0.29, 0.717) is 23.1 Å². The minimum atomic E-state index is -0.272. The van der Waals surface area contributed by atoms with Gasteiger partial charge in [-0.2, -0.15) is 0 Å². The molecule has 1 N–H and O–H groups in total. The lowest BCUT2D eigenvalue weighted by molar-refractivity contribution is -0.118. The van der Waals surface area contributed by atoms with Crippen molar-refractivity contribution in [1.29, 1.82) is 0 Å². The number of benzene rings is 2. The first-order chi connectivity index (χ1) is 15.5. The zero-order chi connectivity index (χ0) is 22.5. The first-order valence-electron chi connectivity index (χ1n) is 10.3. The summed E-state index contributed by atoms with van der Waals surface area (Å²) in [6, 6.07) is 10.00. The van der Waals surface area contributed by atoms with Gasteiger partial charge in [-0.25, -0.2) is 9.37 Å². The zero-order valence-corrected chi connectivity index (χ0v) is 20.0. The van der Waals surface area contributed by atoms with Crippen LogP contribution in [0, 0.1) is 5.82 Å². The molecular weight excluding hydrogens is 471 g/mol. The highest BCUT2D eigenvalue weighted by atomic mass is 35.5. The molecule has 0 unspecified atom stereocenters. The maximum absolute atomic E-state index is 12.9. The van der Waals surface area contributed by atoms with Crippen molar-refractivity contribution < 1.29 is 13.9 Å². The van der Waals surface area contributed by atoms with Crippen molar-refractivity contribution in [2.75, 3.05) is 57.0 Å². The first kappa shape index (κ1) is 23.1. The highest BCUT2D eigenvalue weighted by molar-refractivity contribution is 8.00. The lowest BCUT2D eigenvalue weighted by Crippen LogP contribution is -2.48. The molecule has 1 amide bonds. The molecule has 0 bridgehead atoms. The molecule has 2 heterocycles. The number of nitrogens with one attached hydrogen (secondary N) is 1. The number of nitrogens with zero attached hydrogens (tertiary/aromatic N) is 3. The second-order valence-electron chi connectivity index (χ2n) is 7.35. The molecule has 10 heteroatoms. The molecule has 170 valence electrons. The van der Waals surface area contributed by atoms with Crippen LogP contribution in [-0.2, 0) is 4.79 Å². The van der Waals surface area contributed by atoms with Gasteiger partial charge in [0.05, 0.1) is 22.6 Å². The van der Waals surface area contributed by atoms with E-state index in [-0.39, 0.29) is 11.7 Å². The standard InChI is InChI=1S/C22H24ClFN4O2S2/c1-30-21-17(23)6-7-18-20(21)26-22(32-18)28-12-10-27(11-13-28)9-8-25-19(29)14-31-16-4-2-15(24)3-5-16/h2-7H,8-14H2,1H3,(H,25,29). The van der Waals surface area contributed by atoms with E-state index in [9.17, 15) is 9.18 Å². The summed E-state index contributed by atoms with van der Waals surface area (Å²) in [7, 11) is 1.61. The van der Waals surface area contributed by atoms with Crippen molar-refractivity contribution in [2.24, 2.45) is 0 Å². The summed E-state index contributed by atoms with van der Waals surface area (Å²) < 4.78 is 19.4. The van der Waals surface area contributed by atoms with Crippen LogP contribution in [0.2, 0.25) is 5.02 Å². The average molecular weight is 495 g/mol. The predicted octanol–water partition coefficient (Wildman–Crippen LogP) is 4.13. The van der Waals surface area contributed by atoms with E-state index in [1.165, 1.54) is 23.9 Å². The van der Waals surface area contributed by atoms with E-state index in [2.05, 4.69) is 15.1 Å². The summed E-state index contributed by atoms with van der Waals surface area (Å²) in [5.74, 6) is 0.662. The van der Waals surface area contributed by atoms with E-state index in [4.69, 9.17) is 21.3 Å². The molecule has 0 saturated carbocycles. The quantitative estimate of drug-likeness (QED) is 0.475. The third kappa shape index (κ3) is 5.64. The van der Waals surface area contributed by atoms with Crippen molar-refractivity contribution in [3.05, 3.63) is 47.2 Å². The number of carbonyl (C=O) groups is 1. The van der Waals surface area contributed by atoms with Crippen LogP contribution in [0.5, 0.6) is 5.75 Å². The number of methoxy groups -OCH3 is 1. The van der Waals surface area contributed by atoms with Gasteiger partial charge >= 0.3 is 0 Å². The Bertz CT molecular complexity index is 1070. The van der Waals surface area contributed by atoms with Crippen LogP contribution in [0.3, 0.4) is 0 Å². The van der Waals surface area contributed by atoms with Gasteiger partial charge in [0.25, 0.3) is 0 Å². The summed E-state index contributed by atoms with van der Waals surface area (Å²) in [6.45, 7) is 5.00. The maximum Gasteiger partial charge on any atom is 0.230 e. The van der Waals surface area contributed by atoms with Gasteiger partial charge in [-0.05, 0) is 36.4 Å². The Morgan fingerprint density at radius 1 is 1.22 bits per heavy atom. The monoisotopic (exact) mass is 494 g/mol. The number of carbonyl (C=O) groups excluding carboxylic acids is 1. The summed E-state index contributed by atoms with van der Waals surface area (Å²) in [5, 5.41) is 4.51. The Morgan fingerprint density at radius 3 is 2.69 bits per heavy atom. The van der Waals surface area contributed by atoms with E-state index in [1.807, 2.05) is 12.1 Å². The van der Waals surface area contributed by atoms with E-state index >= 15 is 0 Å². The van der Waals surface area contributed by atoms with Crippen LogP contribution < -0.4 is 15.0 Å². The number of hydrogen-bond acceptors (Lipinski definition) is 7. The Hall–Kier alpha value is -2.07. The smallest absolute Gasteiger partial charge is 0.230 e. The number of aromatic nitrogens is 1. The van der Waals surface area contributed by atoms with Crippen molar-refractivity contribution in [3.63, 3.8) is 0 Å². The molecule has 1 aliphatic heterocycles. The number of ether oxygens (including phenoxy) is 1. The van der Waals surface area contributed by atoms with Crippen LogP contribution in [-0.4, -0.2) is 67.9 Å². The van der Waals surface area contributed by atoms with E-state index < -0.39 is 0 Å². The Morgan fingerprint density at radius 2 is 1.97 bits per heavy atom. The minimum absolute atomic E-state index is 0.0138. The van der Waals surface area contributed by atoms with Crippen molar-refractivity contribution in [1.82, 2.24) is 15.2 Å². The molecule has 0 atom stereocenters. The SMILES string of the molecule is COc1c(Cl)ccc2sc(N3CCN(CCNC(=O)CSc4ccc(F)cc4)CC3)nc12. The Labute approximate surface area is 199 Å². The van der Waals surface area contributed by atoms with Gasteiger partial charge in [-0.1, -0.05) is 22.9 Å². The fourth-order valence-electron chi connectivity index (χ4n) is 3.51. The first-order valence-corrected chi connectivity index (χ1v) is 12.5. The van der Waals surface area contributed by atoms with Gasteiger partial charge in [0.1, 0.15) is 11.3 Å². The van der Waals surface area contributed by atoms with Crippen molar-refractivity contribution in [3.8, 4) is 5.75 Å². The minimum Gasteiger partial charge on any atom is -0.493 e. The van der Waals surface area contributed by atoms with Gasteiger partial charge in [-0.3, -0.25) is 9.69 Å². The van der Waals surface area contributed by atoms with Gasteiger partial charge in [-0.15, -0.1) is 11.8 Å². The highest BCUT2D eigenvalue weighted by Gasteiger charge is 2.21. The maximum atomic E-state index is 12.9. The molecule has 1 saturated heterocycles. The van der Waals surface area contributed by atoms with Crippen LogP contribution in [0.15, 0.2) is 41.3 Å². The van der Waals surface area contributed by atoms with Crippen molar-refractivity contribution >= 4 is 56.0 Å². The van der Waals surface area contributed by atoms with Crippen LogP contribution in [0.1, 0.15) is 0 Å². The molecule has 0 spiro atoms. The zero-order valence-electron chi connectivity index (χ0n) is 17.6. The third-order valence-electron chi connectivity index (χ3n) is 5.24. The van der Waals surface area contributed by atoms with Gasteiger partial charge in [0.15, 0.2) is 10.9 Å². The number of amides is 1. The number of hydrogen-bond donors (Lipinski definition) is 1. The lowest BCUT2D eigenvalue weighted by atomic mass is 10.3. The molecule has 0 radical (unpaired) electrons. The van der Waals surface area contributed by atoms with E-state index in [0.717, 1.165) is 53.0 Å². The summed E-state index contributed by atoms with van der Waals surface area (Å²) in [5.41, 5.74) is 0.809. The predicted molar refractivity (Wildman–Crippen MR) is 130 cm³/mol. The highest BCUT2D eigenvalue weighted by Crippen LogP contribution is 2.38. The molecule has 1 aromatic heterocycles. The van der Waals surface area contributed by atoms with Gasteiger partial charge in [0.2, 0.25) is 5.91 Å². The van der Waals surface area contributed by atoms with E-state index in [1.54, 1.807) is 30.6 Å². The van der Waals surface area contributed by atoms with Crippen molar-refractivity contribution in [2.45, 2.75) is 4.90 Å². The van der Waals surface area contributed by atoms with Crippen LogP contribution in [0.25, 0.3) is 10.2 Å². The molecule has 0 aliphatic carbocycles. The Kier molecular flexibility index (Phi) is 7.72. The number of fused-ring (bicyclic) bond motifs is 1. The molecule has 1 aliphatic rings. The number of anilines is 1. The fraction of sp³-hybridized carbons (Fsp3) is 0.364. The molecule has 3 aromatic rings. The third-order valence-corrected chi connectivity index (χ3v) is 7.63. The van der Waals surface area contributed by atoms with Crippen LogP contribution in [0.4, 0.5) is 9.52 Å². The average Bonchev–Trinajstić information content (AvgIpc) is 3.23. The van der Waals surface area contributed by atoms with Crippen LogP contribution >= 0.6 is 34.7 Å². The van der Waals surface area contributed by atoms with Gasteiger partial charge < -0.3 is 15.0 Å². The Balaban J connectivity index is 1.20. The summed E-state index contributed by atoms with van der Waals surface area (Å²) >= 11 is 9.27. The second kappa shape index (κ2) is 10.7. The molecule has 2 aromatic carbocycles. The second-order valence-corrected chi connectivity index (χ2v) is 9.81. The van der Waals surface area contributed by atoms with Gasteiger partial charge in [0, 0.05) is 44.2 Å².